The van der Waals surface area contributed by atoms with E-state index in [0.29, 0.717) is 30.6 Å². The Balaban J connectivity index is 2.90. The summed E-state index contributed by atoms with van der Waals surface area (Å²) in [6, 6.07) is 0. The zero-order chi connectivity index (χ0) is 11.3. The number of rotatable bonds is 3. The highest BCUT2D eigenvalue weighted by molar-refractivity contribution is 6.00. The van der Waals surface area contributed by atoms with E-state index in [2.05, 4.69) is 4.74 Å². The number of methoxy groups -OCH3 is 1. The molecule has 0 radical (unpaired) electrons. The minimum absolute atomic E-state index is 0.330. The van der Waals surface area contributed by atoms with E-state index < -0.39 is 5.97 Å². The molecule has 1 aliphatic rings. The summed E-state index contributed by atoms with van der Waals surface area (Å²) in [5, 5.41) is 0. The Labute approximate surface area is 89.2 Å². The molecule has 0 amide bonds. The fourth-order valence-electron chi connectivity index (χ4n) is 1.70. The predicted octanol–water partition coefficient (Wildman–Crippen LogP) is 1.59. The third-order valence-electron chi connectivity index (χ3n) is 2.42. The van der Waals surface area contributed by atoms with Crippen LogP contribution in [0, 0.1) is 0 Å². The van der Waals surface area contributed by atoms with Gasteiger partial charge in [-0.2, -0.15) is 0 Å². The molecular weight excluding hydrogens is 196 g/mol. The molecule has 4 heteroatoms. The van der Waals surface area contributed by atoms with Crippen molar-refractivity contribution in [2.45, 2.75) is 32.6 Å². The van der Waals surface area contributed by atoms with Gasteiger partial charge in [-0.1, -0.05) is 0 Å². The van der Waals surface area contributed by atoms with Gasteiger partial charge < -0.3 is 9.47 Å². The summed E-state index contributed by atoms with van der Waals surface area (Å²) < 4.78 is 9.55. The Hall–Kier alpha value is -1.32. The Morgan fingerprint density at radius 3 is 2.13 bits per heavy atom. The van der Waals surface area contributed by atoms with Gasteiger partial charge in [-0.3, -0.25) is 0 Å². The van der Waals surface area contributed by atoms with Crippen molar-refractivity contribution in [2.75, 3.05) is 13.7 Å². The molecule has 0 aromatic rings. The molecule has 0 aromatic carbocycles. The van der Waals surface area contributed by atoms with Gasteiger partial charge in [0.2, 0.25) is 0 Å². The van der Waals surface area contributed by atoms with Gasteiger partial charge in [-0.15, -0.1) is 0 Å². The average Bonchev–Trinajstić information content (AvgIpc) is 2.28. The lowest BCUT2D eigenvalue weighted by atomic mass is 9.92. The minimum Gasteiger partial charge on any atom is -0.466 e. The van der Waals surface area contributed by atoms with Gasteiger partial charge in [0.15, 0.2) is 0 Å². The van der Waals surface area contributed by atoms with Crippen LogP contribution in [0.2, 0.25) is 0 Å². The SMILES string of the molecule is CCOC(=O)C1=C(C(=O)OC)CCCC1. The summed E-state index contributed by atoms with van der Waals surface area (Å²) in [5.74, 6) is -0.782. The Bertz CT molecular complexity index is 291. The first kappa shape index (κ1) is 11.8. The van der Waals surface area contributed by atoms with Crippen LogP contribution in [0.5, 0.6) is 0 Å². The van der Waals surface area contributed by atoms with Gasteiger partial charge in [0.05, 0.1) is 13.7 Å². The van der Waals surface area contributed by atoms with Crippen LogP contribution >= 0.6 is 0 Å². The van der Waals surface area contributed by atoms with Crippen molar-refractivity contribution >= 4 is 11.9 Å². The lowest BCUT2D eigenvalue weighted by Crippen LogP contribution is -2.18. The standard InChI is InChI=1S/C11H16O4/c1-3-15-11(13)9-7-5-4-6-8(9)10(12)14-2/h3-7H2,1-2H3. The molecule has 15 heavy (non-hydrogen) atoms. The van der Waals surface area contributed by atoms with E-state index >= 15 is 0 Å². The third kappa shape index (κ3) is 2.81. The van der Waals surface area contributed by atoms with Crippen LogP contribution in [-0.2, 0) is 19.1 Å². The highest BCUT2D eigenvalue weighted by Gasteiger charge is 2.24. The van der Waals surface area contributed by atoms with E-state index in [1.165, 1.54) is 7.11 Å². The number of carbonyl (C=O) groups excluding carboxylic acids is 2. The summed E-state index contributed by atoms with van der Waals surface area (Å²) in [6.07, 6.45) is 3.08. The lowest BCUT2D eigenvalue weighted by Gasteiger charge is -2.17. The zero-order valence-electron chi connectivity index (χ0n) is 9.17. The van der Waals surface area contributed by atoms with Gasteiger partial charge in [-0.25, -0.2) is 9.59 Å². The van der Waals surface area contributed by atoms with Crippen LogP contribution in [0.4, 0.5) is 0 Å². The van der Waals surface area contributed by atoms with E-state index in [9.17, 15) is 9.59 Å². The monoisotopic (exact) mass is 212 g/mol. The molecule has 0 aliphatic heterocycles. The summed E-state index contributed by atoms with van der Waals surface area (Å²) >= 11 is 0. The molecule has 84 valence electrons. The summed E-state index contributed by atoms with van der Waals surface area (Å²) in [5.41, 5.74) is 0.983. The Morgan fingerprint density at radius 1 is 1.13 bits per heavy atom. The number of hydrogen-bond acceptors (Lipinski definition) is 4. The van der Waals surface area contributed by atoms with Crippen LogP contribution in [0.15, 0.2) is 11.1 Å². The molecule has 1 aliphatic carbocycles. The van der Waals surface area contributed by atoms with Crippen molar-refractivity contribution in [3.8, 4) is 0 Å². The average molecular weight is 212 g/mol. The van der Waals surface area contributed by atoms with Crippen molar-refractivity contribution in [3.63, 3.8) is 0 Å². The quantitative estimate of drug-likeness (QED) is 0.667. The first-order valence-corrected chi connectivity index (χ1v) is 5.18. The first-order valence-electron chi connectivity index (χ1n) is 5.18. The Morgan fingerprint density at radius 2 is 1.67 bits per heavy atom. The topological polar surface area (TPSA) is 52.6 Å². The van der Waals surface area contributed by atoms with Gasteiger partial charge >= 0.3 is 11.9 Å². The van der Waals surface area contributed by atoms with Crippen molar-refractivity contribution < 1.29 is 19.1 Å². The van der Waals surface area contributed by atoms with Crippen molar-refractivity contribution in [1.29, 1.82) is 0 Å². The van der Waals surface area contributed by atoms with Crippen LogP contribution in [-0.4, -0.2) is 25.7 Å². The zero-order valence-corrected chi connectivity index (χ0v) is 9.17. The Kier molecular flexibility index (Phi) is 4.34. The second kappa shape index (κ2) is 5.53. The molecule has 0 aromatic heterocycles. The van der Waals surface area contributed by atoms with E-state index in [1.807, 2.05) is 0 Å². The molecule has 0 spiro atoms. The van der Waals surface area contributed by atoms with Gasteiger partial charge in [0.25, 0.3) is 0 Å². The van der Waals surface area contributed by atoms with Crippen LogP contribution < -0.4 is 0 Å². The molecule has 0 saturated heterocycles. The molecule has 4 nitrogen and oxygen atoms in total. The fraction of sp³-hybridized carbons (Fsp3) is 0.636. The van der Waals surface area contributed by atoms with E-state index in [1.54, 1.807) is 6.92 Å². The summed E-state index contributed by atoms with van der Waals surface area (Å²) in [7, 11) is 1.33. The highest BCUT2D eigenvalue weighted by atomic mass is 16.5. The molecule has 1 rings (SSSR count). The second-order valence-electron chi connectivity index (χ2n) is 3.38. The van der Waals surface area contributed by atoms with E-state index in [-0.39, 0.29) is 5.97 Å². The predicted molar refractivity (Wildman–Crippen MR) is 54.1 cm³/mol. The first-order chi connectivity index (χ1) is 7.20. The third-order valence-corrected chi connectivity index (χ3v) is 2.42. The molecule has 0 heterocycles. The molecule has 0 bridgehead atoms. The number of carbonyl (C=O) groups is 2. The maximum absolute atomic E-state index is 11.5. The van der Waals surface area contributed by atoms with Crippen molar-refractivity contribution in [3.05, 3.63) is 11.1 Å². The molecule has 0 fully saturated rings. The second-order valence-corrected chi connectivity index (χ2v) is 3.38. The smallest absolute Gasteiger partial charge is 0.334 e. The normalized spacial score (nSPS) is 16.1. The number of ether oxygens (including phenoxy) is 2. The summed E-state index contributed by atoms with van der Waals surface area (Å²) in [4.78, 5) is 22.9. The van der Waals surface area contributed by atoms with E-state index in [0.717, 1.165) is 12.8 Å². The van der Waals surface area contributed by atoms with Crippen LogP contribution in [0.1, 0.15) is 32.6 Å². The van der Waals surface area contributed by atoms with Crippen molar-refractivity contribution in [2.24, 2.45) is 0 Å². The van der Waals surface area contributed by atoms with Crippen LogP contribution in [0.3, 0.4) is 0 Å². The highest BCUT2D eigenvalue weighted by Crippen LogP contribution is 2.26. The molecule has 0 atom stereocenters. The lowest BCUT2D eigenvalue weighted by molar-refractivity contribution is -0.141. The molecule has 0 N–H and O–H groups in total. The van der Waals surface area contributed by atoms with Crippen LogP contribution in [0.25, 0.3) is 0 Å². The largest absolute Gasteiger partial charge is 0.466 e. The van der Waals surface area contributed by atoms with Gasteiger partial charge in [0.1, 0.15) is 0 Å². The number of hydrogen-bond donors (Lipinski definition) is 0. The van der Waals surface area contributed by atoms with Gasteiger partial charge in [-0.05, 0) is 32.6 Å². The summed E-state index contributed by atoms with van der Waals surface area (Å²) in [6.45, 7) is 2.08. The fourth-order valence-corrected chi connectivity index (χ4v) is 1.70. The maximum Gasteiger partial charge on any atom is 0.334 e. The minimum atomic E-state index is -0.405. The van der Waals surface area contributed by atoms with Crippen molar-refractivity contribution in [1.82, 2.24) is 0 Å². The molecular formula is C11H16O4. The molecule has 0 unspecified atom stereocenters. The molecule has 0 saturated carbocycles. The maximum atomic E-state index is 11.5. The van der Waals surface area contributed by atoms with Gasteiger partial charge in [0, 0.05) is 11.1 Å². The van der Waals surface area contributed by atoms with E-state index in [4.69, 9.17) is 4.74 Å². The number of esters is 2.